The molecule has 2 atom stereocenters. The lowest BCUT2D eigenvalue weighted by Gasteiger charge is -2.42. The molecule has 2 unspecified atom stereocenters. The highest BCUT2D eigenvalue weighted by Crippen LogP contribution is 2.38. The van der Waals surface area contributed by atoms with Crippen LogP contribution in [0.2, 0.25) is 0 Å². The summed E-state index contributed by atoms with van der Waals surface area (Å²) < 4.78 is 5.63. The van der Waals surface area contributed by atoms with E-state index in [1.165, 1.54) is 50.0 Å². The molecular weight excluding hydrogens is 224 g/mol. The quantitative estimate of drug-likeness (QED) is 0.891. The molecule has 0 spiro atoms. The lowest BCUT2D eigenvalue weighted by molar-refractivity contribution is 0.0829. The number of hydrogen-bond donors (Lipinski definition) is 1. The largest absolute Gasteiger partial charge is 0.469 e. The van der Waals surface area contributed by atoms with Crippen molar-refractivity contribution in [1.29, 1.82) is 0 Å². The highest BCUT2D eigenvalue weighted by Gasteiger charge is 2.33. The number of rotatable bonds is 3. The zero-order chi connectivity index (χ0) is 12.4. The first-order valence-corrected chi connectivity index (χ1v) is 7.36. The van der Waals surface area contributed by atoms with Crippen molar-refractivity contribution in [3.8, 4) is 0 Å². The van der Waals surface area contributed by atoms with Gasteiger partial charge in [-0.15, -0.1) is 0 Å². The molecular formula is C15H24N2O. The SMILES string of the molecule is CNCC1CCCCN1C1CCCc2occc21. The standard InChI is InChI=1S/C15H24N2O/c1-16-11-12-5-2-3-9-17(12)14-6-4-7-15-13(14)8-10-18-15/h8,10,12,14,16H,2-7,9,11H2,1H3. The van der Waals surface area contributed by atoms with Crippen molar-refractivity contribution in [2.24, 2.45) is 0 Å². The lowest BCUT2D eigenvalue weighted by atomic mass is 9.89. The molecule has 0 aromatic carbocycles. The number of fused-ring (bicyclic) bond motifs is 1. The number of aryl methyl sites for hydroxylation is 1. The minimum atomic E-state index is 0.603. The number of nitrogens with one attached hydrogen (secondary N) is 1. The van der Waals surface area contributed by atoms with Crippen molar-refractivity contribution in [2.45, 2.75) is 50.6 Å². The molecule has 18 heavy (non-hydrogen) atoms. The second-order valence-corrected chi connectivity index (χ2v) is 5.65. The van der Waals surface area contributed by atoms with Crippen molar-refractivity contribution in [3.63, 3.8) is 0 Å². The molecule has 1 fully saturated rings. The molecule has 1 aromatic heterocycles. The van der Waals surface area contributed by atoms with E-state index in [1.807, 2.05) is 6.26 Å². The zero-order valence-corrected chi connectivity index (χ0v) is 11.3. The predicted octanol–water partition coefficient (Wildman–Crippen LogP) is 2.73. The monoisotopic (exact) mass is 248 g/mol. The summed E-state index contributed by atoms with van der Waals surface area (Å²) in [6.07, 6.45) is 9.65. The van der Waals surface area contributed by atoms with Crippen molar-refractivity contribution < 1.29 is 4.42 Å². The smallest absolute Gasteiger partial charge is 0.108 e. The third kappa shape index (κ3) is 2.21. The Hall–Kier alpha value is -0.800. The summed E-state index contributed by atoms with van der Waals surface area (Å²) in [7, 11) is 2.07. The van der Waals surface area contributed by atoms with Crippen molar-refractivity contribution in [1.82, 2.24) is 10.2 Å². The molecule has 1 N–H and O–H groups in total. The van der Waals surface area contributed by atoms with Crippen LogP contribution in [-0.4, -0.2) is 31.1 Å². The van der Waals surface area contributed by atoms with Gasteiger partial charge >= 0.3 is 0 Å². The number of likely N-dealkylation sites (tertiary alicyclic amines) is 1. The van der Waals surface area contributed by atoms with Gasteiger partial charge in [-0.25, -0.2) is 0 Å². The van der Waals surface area contributed by atoms with E-state index in [0.717, 1.165) is 13.0 Å². The second kappa shape index (κ2) is 5.45. The maximum absolute atomic E-state index is 5.63. The fraction of sp³-hybridized carbons (Fsp3) is 0.733. The van der Waals surface area contributed by atoms with E-state index in [-0.39, 0.29) is 0 Å². The maximum Gasteiger partial charge on any atom is 0.108 e. The van der Waals surface area contributed by atoms with E-state index < -0.39 is 0 Å². The van der Waals surface area contributed by atoms with E-state index in [1.54, 1.807) is 0 Å². The van der Waals surface area contributed by atoms with Crippen LogP contribution in [0.25, 0.3) is 0 Å². The van der Waals surface area contributed by atoms with Crippen molar-refractivity contribution in [3.05, 3.63) is 23.7 Å². The lowest BCUT2D eigenvalue weighted by Crippen LogP contribution is -2.47. The van der Waals surface area contributed by atoms with E-state index >= 15 is 0 Å². The number of furan rings is 1. The fourth-order valence-corrected chi connectivity index (χ4v) is 3.69. The van der Waals surface area contributed by atoms with Crippen molar-refractivity contribution in [2.75, 3.05) is 20.1 Å². The molecule has 1 saturated heterocycles. The van der Waals surface area contributed by atoms with Crippen LogP contribution in [0.5, 0.6) is 0 Å². The van der Waals surface area contributed by atoms with Gasteiger partial charge in [-0.3, -0.25) is 4.90 Å². The topological polar surface area (TPSA) is 28.4 Å². The first-order chi connectivity index (χ1) is 8.90. The minimum absolute atomic E-state index is 0.603. The first-order valence-electron chi connectivity index (χ1n) is 7.36. The highest BCUT2D eigenvalue weighted by atomic mass is 16.3. The number of likely N-dealkylation sites (N-methyl/N-ethyl adjacent to an activating group) is 1. The summed E-state index contributed by atoms with van der Waals surface area (Å²) in [5.41, 5.74) is 1.46. The number of nitrogens with zero attached hydrogens (tertiary/aromatic N) is 1. The Kier molecular flexibility index (Phi) is 3.71. The number of piperidine rings is 1. The Morgan fingerprint density at radius 1 is 1.33 bits per heavy atom. The van der Waals surface area contributed by atoms with Crippen LogP contribution in [-0.2, 0) is 6.42 Å². The second-order valence-electron chi connectivity index (χ2n) is 5.65. The summed E-state index contributed by atoms with van der Waals surface area (Å²) in [5, 5.41) is 3.36. The molecule has 0 saturated carbocycles. The molecule has 0 bridgehead atoms. The van der Waals surface area contributed by atoms with Gasteiger partial charge in [-0.1, -0.05) is 6.42 Å². The summed E-state index contributed by atoms with van der Waals surface area (Å²) in [5.74, 6) is 1.24. The van der Waals surface area contributed by atoms with Gasteiger partial charge in [0.2, 0.25) is 0 Å². The fourth-order valence-electron chi connectivity index (χ4n) is 3.69. The van der Waals surface area contributed by atoms with E-state index in [9.17, 15) is 0 Å². The van der Waals surface area contributed by atoms with Crippen LogP contribution >= 0.6 is 0 Å². The van der Waals surface area contributed by atoms with Gasteiger partial charge in [-0.2, -0.15) is 0 Å². The Morgan fingerprint density at radius 3 is 3.17 bits per heavy atom. The molecule has 3 rings (SSSR count). The number of hydrogen-bond acceptors (Lipinski definition) is 3. The van der Waals surface area contributed by atoms with Gasteiger partial charge in [0.15, 0.2) is 0 Å². The molecule has 1 aromatic rings. The van der Waals surface area contributed by atoms with Gasteiger partial charge in [0, 0.05) is 30.6 Å². The van der Waals surface area contributed by atoms with Gasteiger partial charge in [0.1, 0.15) is 5.76 Å². The first kappa shape index (κ1) is 12.2. The maximum atomic E-state index is 5.63. The van der Waals surface area contributed by atoms with E-state index in [2.05, 4.69) is 23.3 Å². The Labute approximate surface area is 110 Å². The molecule has 3 heteroatoms. The summed E-state index contributed by atoms with van der Waals surface area (Å²) in [4.78, 5) is 2.73. The van der Waals surface area contributed by atoms with E-state index in [4.69, 9.17) is 4.42 Å². The van der Waals surface area contributed by atoms with Gasteiger partial charge in [0.05, 0.1) is 6.26 Å². The van der Waals surface area contributed by atoms with Crippen LogP contribution in [0.4, 0.5) is 0 Å². The van der Waals surface area contributed by atoms with Crippen LogP contribution < -0.4 is 5.32 Å². The summed E-state index contributed by atoms with van der Waals surface area (Å²) >= 11 is 0. The van der Waals surface area contributed by atoms with Crippen LogP contribution in [0.15, 0.2) is 16.7 Å². The Balaban J connectivity index is 1.81. The van der Waals surface area contributed by atoms with Gasteiger partial charge in [-0.05, 0) is 45.3 Å². The summed E-state index contributed by atoms with van der Waals surface area (Å²) in [6.45, 7) is 2.37. The molecule has 2 heterocycles. The molecule has 0 amide bonds. The normalized spacial score (nSPS) is 29.2. The summed E-state index contributed by atoms with van der Waals surface area (Å²) in [6, 6.07) is 3.50. The molecule has 100 valence electrons. The average Bonchev–Trinajstić information content (AvgIpc) is 2.88. The molecule has 1 aliphatic heterocycles. The molecule has 2 aliphatic rings. The zero-order valence-electron chi connectivity index (χ0n) is 11.3. The predicted molar refractivity (Wildman–Crippen MR) is 72.7 cm³/mol. The highest BCUT2D eigenvalue weighted by molar-refractivity contribution is 5.24. The molecule has 1 aliphatic carbocycles. The minimum Gasteiger partial charge on any atom is -0.469 e. The van der Waals surface area contributed by atoms with Crippen LogP contribution in [0, 0.1) is 0 Å². The Morgan fingerprint density at radius 2 is 2.28 bits per heavy atom. The molecule has 3 nitrogen and oxygen atoms in total. The van der Waals surface area contributed by atoms with Gasteiger partial charge < -0.3 is 9.73 Å². The van der Waals surface area contributed by atoms with Crippen LogP contribution in [0.1, 0.15) is 49.5 Å². The Bertz CT molecular complexity index is 386. The average molecular weight is 248 g/mol. The van der Waals surface area contributed by atoms with Gasteiger partial charge in [0.25, 0.3) is 0 Å². The van der Waals surface area contributed by atoms with Crippen molar-refractivity contribution >= 4 is 0 Å². The van der Waals surface area contributed by atoms with Crippen LogP contribution in [0.3, 0.4) is 0 Å². The third-order valence-electron chi connectivity index (χ3n) is 4.53. The third-order valence-corrected chi connectivity index (χ3v) is 4.53. The molecule has 0 radical (unpaired) electrons. The van der Waals surface area contributed by atoms with E-state index in [0.29, 0.717) is 12.1 Å².